The van der Waals surface area contributed by atoms with Gasteiger partial charge in [0.15, 0.2) is 0 Å². The van der Waals surface area contributed by atoms with Crippen LogP contribution in [0.1, 0.15) is 30.5 Å². The Hall–Kier alpha value is -2.82. The van der Waals surface area contributed by atoms with Crippen LogP contribution >= 0.6 is 0 Å². The van der Waals surface area contributed by atoms with Gasteiger partial charge in [0, 0.05) is 37.6 Å². The van der Waals surface area contributed by atoms with Crippen LogP contribution in [-0.4, -0.2) is 42.9 Å². The quantitative estimate of drug-likeness (QED) is 0.801. The fourth-order valence-electron chi connectivity index (χ4n) is 3.71. The summed E-state index contributed by atoms with van der Waals surface area (Å²) < 4.78 is 0. The summed E-state index contributed by atoms with van der Waals surface area (Å²) in [7, 11) is 0. The van der Waals surface area contributed by atoms with Crippen LogP contribution in [-0.2, 0) is 9.59 Å². The molecule has 2 aromatic rings. The minimum atomic E-state index is -1.12. The van der Waals surface area contributed by atoms with Gasteiger partial charge >= 0.3 is 0 Å². The number of nitrogens with zero attached hydrogens (tertiary/aromatic N) is 2. The van der Waals surface area contributed by atoms with Gasteiger partial charge in [-0.1, -0.05) is 30.3 Å². The lowest BCUT2D eigenvalue weighted by atomic mass is 9.89. The number of hydrogen-bond donors (Lipinski definition) is 1. The van der Waals surface area contributed by atoms with Crippen molar-refractivity contribution in [1.82, 2.24) is 4.90 Å². The minimum Gasteiger partial charge on any atom is -0.368 e. The fraction of sp³-hybridized carbons (Fsp3) is 0.417. The molecule has 2 amide bonds. The first-order valence-electron chi connectivity index (χ1n) is 10.2. The smallest absolute Gasteiger partial charge is 0.239 e. The second-order valence-corrected chi connectivity index (χ2v) is 8.39. The maximum absolute atomic E-state index is 13.1. The average Bonchev–Trinajstić information content (AvgIpc) is 2.71. The van der Waals surface area contributed by atoms with E-state index in [0.717, 1.165) is 24.3 Å². The predicted molar refractivity (Wildman–Crippen MR) is 118 cm³/mol. The van der Waals surface area contributed by atoms with Crippen molar-refractivity contribution in [2.45, 2.75) is 34.6 Å². The van der Waals surface area contributed by atoms with Crippen LogP contribution in [0.25, 0.3) is 0 Å². The first-order chi connectivity index (χ1) is 13.7. The Kier molecular flexibility index (Phi) is 5.96. The molecule has 5 nitrogen and oxygen atoms in total. The van der Waals surface area contributed by atoms with Gasteiger partial charge in [-0.2, -0.15) is 0 Å². The van der Waals surface area contributed by atoms with E-state index in [1.807, 2.05) is 36.1 Å². The van der Waals surface area contributed by atoms with E-state index in [0.29, 0.717) is 13.1 Å². The summed E-state index contributed by atoms with van der Waals surface area (Å²) in [4.78, 5) is 30.2. The number of aryl methyl sites for hydroxylation is 2. The molecule has 0 aromatic heterocycles. The zero-order chi connectivity index (χ0) is 21.2. The Balaban J connectivity index is 1.65. The molecule has 1 N–H and O–H groups in total. The largest absolute Gasteiger partial charge is 0.368 e. The van der Waals surface area contributed by atoms with Crippen molar-refractivity contribution in [3.63, 3.8) is 0 Å². The molecule has 3 rings (SSSR count). The van der Waals surface area contributed by atoms with Gasteiger partial charge < -0.3 is 15.1 Å². The van der Waals surface area contributed by atoms with Gasteiger partial charge in [-0.05, 0) is 63.4 Å². The molecule has 1 heterocycles. The third kappa shape index (κ3) is 4.29. The minimum absolute atomic E-state index is 0.121. The van der Waals surface area contributed by atoms with Crippen molar-refractivity contribution in [2.24, 2.45) is 5.41 Å². The Morgan fingerprint density at radius 1 is 0.862 bits per heavy atom. The molecule has 0 radical (unpaired) electrons. The van der Waals surface area contributed by atoms with Crippen molar-refractivity contribution in [2.75, 3.05) is 36.4 Å². The number of carbonyl (C=O) groups excluding carboxylic acids is 2. The maximum Gasteiger partial charge on any atom is 0.239 e. The molecule has 0 aliphatic carbocycles. The molecule has 29 heavy (non-hydrogen) atoms. The van der Waals surface area contributed by atoms with Gasteiger partial charge in [-0.25, -0.2) is 0 Å². The highest BCUT2D eigenvalue weighted by Gasteiger charge is 2.40. The van der Waals surface area contributed by atoms with Crippen LogP contribution in [0.4, 0.5) is 11.4 Å². The van der Waals surface area contributed by atoms with Crippen LogP contribution in [0.15, 0.2) is 42.5 Å². The van der Waals surface area contributed by atoms with Crippen LogP contribution in [0, 0.1) is 26.2 Å². The lowest BCUT2D eigenvalue weighted by Crippen LogP contribution is -2.54. The molecular formula is C24H31N3O2. The van der Waals surface area contributed by atoms with Crippen molar-refractivity contribution in [3.8, 4) is 0 Å². The van der Waals surface area contributed by atoms with E-state index in [9.17, 15) is 9.59 Å². The lowest BCUT2D eigenvalue weighted by molar-refractivity contribution is -0.146. The lowest BCUT2D eigenvalue weighted by Gasteiger charge is -2.39. The first kappa shape index (κ1) is 20.9. The molecule has 0 unspecified atom stereocenters. The summed E-state index contributed by atoms with van der Waals surface area (Å²) >= 11 is 0. The van der Waals surface area contributed by atoms with Gasteiger partial charge in [0.25, 0.3) is 0 Å². The molecule has 1 fully saturated rings. The SMILES string of the molecule is Cc1ccccc1NC(=O)C(C)(C)C(=O)N1CCN(c2cccc(C)c2C)CC1. The molecule has 2 aromatic carbocycles. The molecule has 1 aliphatic heterocycles. The summed E-state index contributed by atoms with van der Waals surface area (Å²) in [5.41, 5.74) is 4.39. The molecule has 0 bridgehead atoms. The van der Waals surface area contributed by atoms with Crippen molar-refractivity contribution in [3.05, 3.63) is 59.2 Å². The number of rotatable bonds is 4. The molecule has 0 saturated carbocycles. The van der Waals surface area contributed by atoms with Crippen LogP contribution in [0.5, 0.6) is 0 Å². The number of nitrogens with one attached hydrogen (secondary N) is 1. The number of anilines is 2. The van der Waals surface area contributed by atoms with E-state index < -0.39 is 5.41 Å². The zero-order valence-electron chi connectivity index (χ0n) is 18.1. The number of piperazine rings is 1. The van der Waals surface area contributed by atoms with Crippen molar-refractivity contribution >= 4 is 23.2 Å². The highest BCUT2D eigenvalue weighted by Crippen LogP contribution is 2.27. The maximum atomic E-state index is 13.1. The molecule has 1 saturated heterocycles. The Morgan fingerprint density at radius 2 is 1.48 bits per heavy atom. The summed E-state index contributed by atoms with van der Waals surface area (Å²) in [6.07, 6.45) is 0. The molecule has 1 aliphatic rings. The zero-order valence-corrected chi connectivity index (χ0v) is 18.1. The van der Waals surface area contributed by atoms with E-state index in [4.69, 9.17) is 0 Å². The van der Waals surface area contributed by atoms with E-state index in [1.165, 1.54) is 16.8 Å². The highest BCUT2D eigenvalue weighted by molar-refractivity contribution is 6.10. The molecular weight excluding hydrogens is 362 g/mol. The third-order valence-electron chi connectivity index (χ3n) is 5.98. The molecule has 154 valence electrons. The normalized spacial score (nSPS) is 14.7. The monoisotopic (exact) mass is 393 g/mol. The Labute approximate surface area is 173 Å². The second kappa shape index (κ2) is 8.27. The number of hydrogen-bond acceptors (Lipinski definition) is 3. The van der Waals surface area contributed by atoms with Crippen LogP contribution in [0.3, 0.4) is 0 Å². The topological polar surface area (TPSA) is 52.7 Å². The number of benzene rings is 2. The van der Waals surface area contributed by atoms with E-state index in [2.05, 4.69) is 42.3 Å². The standard InChI is InChI=1S/C24H31N3O2/c1-17-10-8-12-21(19(17)3)26-13-15-27(16-14-26)23(29)24(4,5)22(28)25-20-11-7-6-9-18(20)2/h6-12H,13-16H2,1-5H3,(H,25,28). The predicted octanol–water partition coefficient (Wildman–Crippen LogP) is 3.93. The number of para-hydroxylation sites is 1. The fourth-order valence-corrected chi connectivity index (χ4v) is 3.71. The molecule has 0 spiro atoms. The van der Waals surface area contributed by atoms with E-state index in [-0.39, 0.29) is 11.8 Å². The molecule has 5 heteroatoms. The van der Waals surface area contributed by atoms with Crippen LogP contribution < -0.4 is 10.2 Å². The number of carbonyl (C=O) groups is 2. The van der Waals surface area contributed by atoms with Crippen molar-refractivity contribution in [1.29, 1.82) is 0 Å². The second-order valence-electron chi connectivity index (χ2n) is 8.39. The Bertz CT molecular complexity index is 912. The summed E-state index contributed by atoms with van der Waals surface area (Å²) in [5, 5.41) is 2.92. The van der Waals surface area contributed by atoms with E-state index >= 15 is 0 Å². The van der Waals surface area contributed by atoms with Crippen molar-refractivity contribution < 1.29 is 9.59 Å². The Morgan fingerprint density at radius 3 is 2.14 bits per heavy atom. The van der Waals surface area contributed by atoms with E-state index in [1.54, 1.807) is 13.8 Å². The summed E-state index contributed by atoms with van der Waals surface area (Å²) in [5.74, 6) is -0.391. The molecule has 0 atom stereocenters. The highest BCUT2D eigenvalue weighted by atomic mass is 16.2. The summed E-state index contributed by atoms with van der Waals surface area (Å²) in [6, 6.07) is 13.9. The van der Waals surface area contributed by atoms with Gasteiger partial charge in [0.2, 0.25) is 11.8 Å². The number of amides is 2. The third-order valence-corrected chi connectivity index (χ3v) is 5.98. The van der Waals surface area contributed by atoms with Crippen LogP contribution in [0.2, 0.25) is 0 Å². The first-order valence-corrected chi connectivity index (χ1v) is 10.2. The summed E-state index contributed by atoms with van der Waals surface area (Å²) in [6.45, 7) is 12.4. The average molecular weight is 394 g/mol. The van der Waals surface area contributed by atoms with Gasteiger partial charge in [0.1, 0.15) is 5.41 Å². The van der Waals surface area contributed by atoms with Gasteiger partial charge in [-0.3, -0.25) is 9.59 Å². The van der Waals surface area contributed by atoms with Gasteiger partial charge in [-0.15, -0.1) is 0 Å². The van der Waals surface area contributed by atoms with Gasteiger partial charge in [0.05, 0.1) is 0 Å².